The molecule has 4 aromatic rings. The van der Waals surface area contributed by atoms with Crippen molar-refractivity contribution in [1.29, 1.82) is 0 Å². The first kappa shape index (κ1) is 21.3. The molecule has 1 spiro atoms. The Labute approximate surface area is 209 Å². The largest absolute Gasteiger partial charge is 0.356 e. The third kappa shape index (κ3) is 2.34. The fraction of sp³-hybridized carbons (Fsp3) is 0.214. The second-order valence-corrected chi connectivity index (χ2v) is 10.9. The summed E-state index contributed by atoms with van der Waals surface area (Å²) >= 11 is 6.04. The van der Waals surface area contributed by atoms with E-state index < -0.39 is 22.3 Å². The molecule has 1 aliphatic heterocycles. The average Bonchev–Trinajstić information content (AvgIpc) is 3.37. The van der Waals surface area contributed by atoms with Gasteiger partial charge in [-0.3, -0.25) is 9.59 Å². The Balaban J connectivity index is 1.67. The van der Waals surface area contributed by atoms with Gasteiger partial charge in [-0.2, -0.15) is 4.68 Å². The molecule has 2 aliphatic carbocycles. The Bertz CT molecular complexity index is 1850. The number of allylic oxidation sites excluding steroid dienone is 2. The molecule has 0 amide bonds. The van der Waals surface area contributed by atoms with E-state index in [0.29, 0.717) is 39.3 Å². The maximum Gasteiger partial charge on any atom is 0.356 e. The Hall–Kier alpha value is -3.97. The van der Waals surface area contributed by atoms with E-state index in [-0.39, 0.29) is 23.6 Å². The van der Waals surface area contributed by atoms with Crippen LogP contribution in [-0.4, -0.2) is 25.5 Å². The second-order valence-electron chi connectivity index (χ2n) is 10.5. The molecule has 0 saturated carbocycles. The Kier molecular flexibility index (Phi) is 3.92. The van der Waals surface area contributed by atoms with Gasteiger partial charge < -0.3 is 0 Å². The number of benzene rings is 3. The molecule has 3 aliphatic rings. The van der Waals surface area contributed by atoms with Crippen LogP contribution in [0.25, 0.3) is 22.2 Å². The second kappa shape index (κ2) is 6.62. The van der Waals surface area contributed by atoms with Crippen LogP contribution in [0.4, 0.5) is 0 Å². The highest BCUT2D eigenvalue weighted by molar-refractivity contribution is 6.30. The van der Waals surface area contributed by atoms with E-state index >= 15 is 0 Å². The standard InChI is InChI=1S/C28H20ClN3O4/c1-27(2)13-20-23(21(33)14-27)28(19-8-4-6-15-5-3-7-18(22(15)19)24(28)34)32-26(36)30(25(35)31(20)32)17-11-9-16(29)10-12-17/h3-12H,13-14H2,1-2H3. The first-order chi connectivity index (χ1) is 17.2. The summed E-state index contributed by atoms with van der Waals surface area (Å²) in [5.74, 6) is -0.580. The topological polar surface area (TPSA) is 83.1 Å². The van der Waals surface area contributed by atoms with Crippen molar-refractivity contribution >= 4 is 39.6 Å². The number of rotatable bonds is 1. The first-order valence-electron chi connectivity index (χ1n) is 11.7. The summed E-state index contributed by atoms with van der Waals surface area (Å²) in [6.07, 6.45) is 0.595. The van der Waals surface area contributed by atoms with Crippen molar-refractivity contribution in [3.63, 3.8) is 0 Å². The van der Waals surface area contributed by atoms with Crippen molar-refractivity contribution in [2.45, 2.75) is 32.2 Å². The van der Waals surface area contributed by atoms with Gasteiger partial charge in [-0.15, -0.1) is 0 Å². The fourth-order valence-electron chi connectivity index (χ4n) is 6.38. The Morgan fingerprint density at radius 3 is 2.25 bits per heavy atom. The van der Waals surface area contributed by atoms with E-state index in [1.807, 2.05) is 32.0 Å². The highest BCUT2D eigenvalue weighted by Gasteiger charge is 2.62. The first-order valence-corrected chi connectivity index (χ1v) is 12.1. The maximum absolute atomic E-state index is 14.4. The average molecular weight is 498 g/mol. The van der Waals surface area contributed by atoms with Crippen LogP contribution in [-0.2, 0) is 10.3 Å². The molecule has 0 bridgehead atoms. The van der Waals surface area contributed by atoms with Crippen molar-refractivity contribution < 1.29 is 9.59 Å². The van der Waals surface area contributed by atoms with Crippen molar-refractivity contribution in [3.05, 3.63) is 103 Å². The number of hydrogen-bond donors (Lipinski definition) is 0. The molecule has 0 N–H and O–H groups in total. The summed E-state index contributed by atoms with van der Waals surface area (Å²) in [6, 6.07) is 17.3. The minimum atomic E-state index is -1.72. The van der Waals surface area contributed by atoms with Gasteiger partial charge in [0.1, 0.15) is 0 Å². The quantitative estimate of drug-likeness (QED) is 0.395. The van der Waals surface area contributed by atoms with Gasteiger partial charge in [0.05, 0.1) is 17.0 Å². The van der Waals surface area contributed by atoms with Gasteiger partial charge in [0, 0.05) is 22.6 Å². The SMILES string of the molecule is CC1(C)CC(=O)C2=C(C1)n1c(=O)n(-c3ccc(Cl)cc3)c(=O)n1C21C(=O)c2cccc3cccc1c23. The van der Waals surface area contributed by atoms with E-state index in [0.717, 1.165) is 9.95 Å². The zero-order chi connectivity index (χ0) is 25.1. The monoisotopic (exact) mass is 497 g/mol. The van der Waals surface area contributed by atoms with Gasteiger partial charge in [0.2, 0.25) is 5.78 Å². The smallest absolute Gasteiger partial charge is 0.294 e. The van der Waals surface area contributed by atoms with Gasteiger partial charge in [-0.1, -0.05) is 61.8 Å². The molecule has 1 unspecified atom stereocenters. The molecule has 0 fully saturated rings. The molecule has 0 saturated heterocycles. The summed E-state index contributed by atoms with van der Waals surface area (Å²) < 4.78 is 3.54. The molecule has 1 aromatic heterocycles. The van der Waals surface area contributed by atoms with Crippen molar-refractivity contribution in [2.75, 3.05) is 0 Å². The predicted octanol–water partition coefficient (Wildman–Crippen LogP) is 4.16. The molecular weight excluding hydrogens is 478 g/mol. The van der Waals surface area contributed by atoms with Crippen molar-refractivity contribution in [3.8, 4) is 5.69 Å². The number of ketones is 2. The van der Waals surface area contributed by atoms with Crippen LogP contribution in [0.15, 0.2) is 75.8 Å². The molecule has 8 heteroatoms. The molecule has 7 rings (SSSR count). The Morgan fingerprint density at radius 2 is 1.53 bits per heavy atom. The zero-order valence-electron chi connectivity index (χ0n) is 19.5. The van der Waals surface area contributed by atoms with Gasteiger partial charge in [0.25, 0.3) is 0 Å². The zero-order valence-corrected chi connectivity index (χ0v) is 20.3. The minimum absolute atomic E-state index is 0.215. The lowest BCUT2D eigenvalue weighted by atomic mass is 9.69. The van der Waals surface area contributed by atoms with Crippen LogP contribution < -0.4 is 11.4 Å². The van der Waals surface area contributed by atoms with E-state index in [1.165, 1.54) is 9.36 Å². The van der Waals surface area contributed by atoms with Crippen molar-refractivity contribution in [2.24, 2.45) is 5.41 Å². The third-order valence-electron chi connectivity index (χ3n) is 7.69. The summed E-state index contributed by atoms with van der Waals surface area (Å²) in [5.41, 5.74) is -1.46. The van der Waals surface area contributed by atoms with E-state index in [1.54, 1.807) is 42.5 Å². The predicted molar refractivity (Wildman–Crippen MR) is 136 cm³/mol. The van der Waals surface area contributed by atoms with Crippen molar-refractivity contribution in [1.82, 2.24) is 13.9 Å². The lowest BCUT2D eigenvalue weighted by molar-refractivity contribution is -0.118. The van der Waals surface area contributed by atoms with Gasteiger partial charge in [-0.25, -0.2) is 18.8 Å². The number of aromatic nitrogens is 3. The fourth-order valence-corrected chi connectivity index (χ4v) is 6.50. The number of nitrogens with zero attached hydrogens (tertiary/aromatic N) is 3. The molecule has 178 valence electrons. The van der Waals surface area contributed by atoms with Crippen LogP contribution in [0.3, 0.4) is 0 Å². The normalized spacial score (nSPS) is 21.5. The number of Topliss-reactive ketones (excluding diaryl/α,β-unsaturated/α-hetero) is 2. The van der Waals surface area contributed by atoms with E-state index in [2.05, 4.69) is 0 Å². The van der Waals surface area contributed by atoms with Gasteiger partial charge in [0.15, 0.2) is 11.3 Å². The molecule has 7 nitrogen and oxygen atoms in total. The van der Waals surface area contributed by atoms with E-state index in [9.17, 15) is 19.2 Å². The third-order valence-corrected chi connectivity index (χ3v) is 7.94. The summed E-state index contributed by atoms with van der Waals surface area (Å²) in [4.78, 5) is 56.2. The summed E-state index contributed by atoms with van der Waals surface area (Å²) in [6.45, 7) is 3.91. The lowest BCUT2D eigenvalue weighted by Gasteiger charge is -2.33. The number of hydrogen-bond acceptors (Lipinski definition) is 4. The highest BCUT2D eigenvalue weighted by atomic mass is 35.5. The van der Waals surface area contributed by atoms with Crippen LogP contribution >= 0.6 is 11.6 Å². The van der Waals surface area contributed by atoms with Crippen LogP contribution in [0.1, 0.15) is 42.6 Å². The number of carbonyl (C=O) groups is 2. The number of halogens is 1. The number of fused-ring (bicyclic) bond motifs is 5. The molecule has 2 heterocycles. The Morgan fingerprint density at radius 1 is 0.833 bits per heavy atom. The van der Waals surface area contributed by atoms with Gasteiger partial charge >= 0.3 is 11.4 Å². The van der Waals surface area contributed by atoms with Gasteiger partial charge in [-0.05, 0) is 46.9 Å². The van der Waals surface area contributed by atoms with Crippen LogP contribution in [0.2, 0.25) is 5.02 Å². The lowest BCUT2D eigenvalue weighted by Crippen LogP contribution is -2.49. The molecule has 1 atom stereocenters. The molecule has 36 heavy (non-hydrogen) atoms. The maximum atomic E-state index is 14.4. The summed E-state index contributed by atoms with van der Waals surface area (Å²) in [5, 5.41) is 2.02. The molecular formula is C28H20ClN3O4. The van der Waals surface area contributed by atoms with Crippen LogP contribution in [0.5, 0.6) is 0 Å². The molecule has 0 radical (unpaired) electrons. The van der Waals surface area contributed by atoms with Crippen LogP contribution in [0, 0.1) is 5.41 Å². The summed E-state index contributed by atoms with van der Waals surface area (Å²) in [7, 11) is 0. The van der Waals surface area contributed by atoms with E-state index in [4.69, 9.17) is 11.6 Å². The highest BCUT2D eigenvalue weighted by Crippen LogP contribution is 2.55. The number of carbonyl (C=O) groups excluding carboxylic acids is 2. The minimum Gasteiger partial charge on any atom is -0.294 e. The molecule has 3 aromatic carbocycles.